The van der Waals surface area contributed by atoms with E-state index in [0.717, 1.165) is 17.5 Å². The minimum atomic E-state index is -0.254. The highest BCUT2D eigenvalue weighted by atomic mass is 35.5. The summed E-state index contributed by atoms with van der Waals surface area (Å²) in [6.07, 6.45) is 0.838. The van der Waals surface area contributed by atoms with Gasteiger partial charge in [0.15, 0.2) is 0 Å². The van der Waals surface area contributed by atoms with Gasteiger partial charge in [0.05, 0.1) is 12.2 Å². The fourth-order valence-corrected chi connectivity index (χ4v) is 1.48. The monoisotopic (exact) mass is 226 g/mol. The average molecular weight is 227 g/mol. The van der Waals surface area contributed by atoms with Gasteiger partial charge < -0.3 is 4.74 Å². The summed E-state index contributed by atoms with van der Waals surface area (Å²) in [7, 11) is 0. The number of benzene rings is 1. The number of hydrogen-bond acceptors (Lipinski definition) is 2. The summed E-state index contributed by atoms with van der Waals surface area (Å²) < 4.78 is 5.06. The average Bonchev–Trinajstić information content (AvgIpc) is 2.25. The molecule has 0 bridgehead atoms. The minimum absolute atomic E-state index is 0.254. The zero-order chi connectivity index (χ0) is 11.3. The van der Waals surface area contributed by atoms with Gasteiger partial charge in [-0.05, 0) is 30.5 Å². The summed E-state index contributed by atoms with van der Waals surface area (Å²) in [6.45, 7) is 4.32. The zero-order valence-electron chi connectivity index (χ0n) is 9.05. The van der Waals surface area contributed by atoms with Gasteiger partial charge in [0.2, 0.25) is 0 Å². The van der Waals surface area contributed by atoms with Gasteiger partial charge in [-0.1, -0.05) is 19.1 Å². The third-order valence-electron chi connectivity index (χ3n) is 2.10. The van der Waals surface area contributed by atoms with Crippen molar-refractivity contribution in [2.45, 2.75) is 26.1 Å². The Morgan fingerprint density at radius 1 is 1.47 bits per heavy atom. The maximum absolute atomic E-state index is 11.6. The first-order valence-electron chi connectivity index (χ1n) is 5.01. The smallest absolute Gasteiger partial charge is 0.338 e. The number of halogens is 1. The molecule has 0 atom stereocenters. The number of carbonyl (C=O) groups is 1. The number of hydrogen-bond donors (Lipinski definition) is 0. The lowest BCUT2D eigenvalue weighted by molar-refractivity contribution is 0.0504. The van der Waals surface area contributed by atoms with Gasteiger partial charge in [-0.2, -0.15) is 0 Å². The predicted octanol–water partition coefficient (Wildman–Crippen LogP) is 3.30. The Bertz CT molecular complexity index is 347. The molecule has 0 radical (unpaired) electrons. The van der Waals surface area contributed by atoms with Crippen LogP contribution in [0.1, 0.15) is 34.8 Å². The summed E-state index contributed by atoms with van der Waals surface area (Å²) in [6, 6.07) is 5.53. The molecule has 0 saturated carbocycles. The molecule has 0 unspecified atom stereocenters. The molecule has 1 rings (SSSR count). The molecular weight excluding hydrogens is 212 g/mol. The number of aryl methyl sites for hydroxylation is 1. The third kappa shape index (κ3) is 3.24. The number of carbonyl (C=O) groups excluding carboxylic acids is 1. The first kappa shape index (κ1) is 12.1. The Morgan fingerprint density at radius 3 is 2.73 bits per heavy atom. The van der Waals surface area contributed by atoms with Crippen LogP contribution < -0.4 is 0 Å². The van der Waals surface area contributed by atoms with Crippen molar-refractivity contribution in [3.05, 3.63) is 34.9 Å². The number of ether oxygens (including phenoxy) is 1. The van der Waals surface area contributed by atoms with Gasteiger partial charge in [-0.15, -0.1) is 11.6 Å². The fraction of sp³-hybridized carbons (Fsp3) is 0.417. The molecule has 1 aromatic rings. The van der Waals surface area contributed by atoms with Gasteiger partial charge in [0, 0.05) is 5.88 Å². The molecule has 3 heteroatoms. The van der Waals surface area contributed by atoms with Crippen LogP contribution in [0.25, 0.3) is 0 Å². The largest absolute Gasteiger partial charge is 0.462 e. The summed E-state index contributed by atoms with van der Waals surface area (Å²) in [5.74, 6) is 0.209. The molecule has 0 N–H and O–H groups in total. The molecule has 0 aliphatic heterocycles. The number of rotatable bonds is 4. The second-order valence-corrected chi connectivity index (χ2v) is 3.69. The van der Waals surface area contributed by atoms with Crippen molar-refractivity contribution in [1.29, 1.82) is 0 Å². The van der Waals surface area contributed by atoms with Crippen molar-refractivity contribution in [2.75, 3.05) is 6.61 Å². The maximum atomic E-state index is 11.6. The van der Waals surface area contributed by atoms with E-state index < -0.39 is 0 Å². The lowest BCUT2D eigenvalue weighted by Crippen LogP contribution is -2.07. The maximum Gasteiger partial charge on any atom is 0.338 e. The molecule has 0 amide bonds. The van der Waals surface area contributed by atoms with Crippen molar-refractivity contribution in [3.8, 4) is 0 Å². The molecular formula is C12H15ClO2. The number of alkyl halides is 1. The van der Waals surface area contributed by atoms with Gasteiger partial charge in [0.25, 0.3) is 0 Å². The van der Waals surface area contributed by atoms with Crippen molar-refractivity contribution < 1.29 is 9.53 Å². The van der Waals surface area contributed by atoms with Crippen LogP contribution in [0.5, 0.6) is 0 Å². The van der Waals surface area contributed by atoms with E-state index in [1.807, 2.05) is 26.0 Å². The van der Waals surface area contributed by atoms with Gasteiger partial charge in [0.1, 0.15) is 0 Å². The van der Waals surface area contributed by atoms with Crippen LogP contribution >= 0.6 is 11.6 Å². The first-order valence-corrected chi connectivity index (χ1v) is 5.55. The Labute approximate surface area is 95.2 Å². The minimum Gasteiger partial charge on any atom is -0.462 e. The van der Waals surface area contributed by atoms with Crippen LogP contribution in [-0.4, -0.2) is 12.6 Å². The van der Waals surface area contributed by atoms with Crippen LogP contribution in [0, 0.1) is 6.92 Å². The van der Waals surface area contributed by atoms with Gasteiger partial charge >= 0.3 is 5.97 Å². The van der Waals surface area contributed by atoms with Gasteiger partial charge in [-0.3, -0.25) is 0 Å². The Hall–Kier alpha value is -1.02. The van der Waals surface area contributed by atoms with Crippen molar-refractivity contribution in [3.63, 3.8) is 0 Å². The van der Waals surface area contributed by atoms with Gasteiger partial charge in [-0.25, -0.2) is 4.79 Å². The molecule has 0 spiro atoms. The van der Waals surface area contributed by atoms with E-state index in [1.165, 1.54) is 0 Å². The second-order valence-electron chi connectivity index (χ2n) is 3.42. The quantitative estimate of drug-likeness (QED) is 0.582. The highest BCUT2D eigenvalue weighted by Crippen LogP contribution is 2.14. The molecule has 0 fully saturated rings. The van der Waals surface area contributed by atoms with E-state index in [2.05, 4.69) is 0 Å². The molecule has 2 nitrogen and oxygen atoms in total. The van der Waals surface area contributed by atoms with Crippen molar-refractivity contribution >= 4 is 17.6 Å². The van der Waals surface area contributed by atoms with E-state index in [0.29, 0.717) is 18.1 Å². The Morgan fingerprint density at radius 2 is 2.20 bits per heavy atom. The summed E-state index contributed by atoms with van der Waals surface area (Å²) >= 11 is 5.70. The Balaban J connectivity index is 2.81. The molecule has 82 valence electrons. The molecule has 15 heavy (non-hydrogen) atoms. The molecule has 0 aliphatic carbocycles. The fourth-order valence-electron chi connectivity index (χ4n) is 1.31. The van der Waals surface area contributed by atoms with E-state index in [-0.39, 0.29) is 5.97 Å². The van der Waals surface area contributed by atoms with Crippen molar-refractivity contribution in [1.82, 2.24) is 0 Å². The molecule has 0 heterocycles. The normalized spacial score (nSPS) is 10.1. The molecule has 1 aromatic carbocycles. The van der Waals surface area contributed by atoms with E-state index >= 15 is 0 Å². The van der Waals surface area contributed by atoms with E-state index in [9.17, 15) is 4.79 Å². The van der Waals surface area contributed by atoms with Crippen molar-refractivity contribution in [2.24, 2.45) is 0 Å². The number of esters is 1. The van der Waals surface area contributed by atoms with E-state index in [4.69, 9.17) is 16.3 Å². The Kier molecular flexibility index (Phi) is 4.63. The standard InChI is InChI=1S/C12H15ClO2/c1-3-6-15-12(14)11-5-4-10(8-13)7-9(11)2/h4-5,7H,3,6,8H2,1-2H3. The van der Waals surface area contributed by atoms with Crippen LogP contribution in [-0.2, 0) is 10.6 Å². The summed E-state index contributed by atoms with van der Waals surface area (Å²) in [5.41, 5.74) is 2.55. The second kappa shape index (κ2) is 5.76. The predicted molar refractivity (Wildman–Crippen MR) is 61.3 cm³/mol. The highest BCUT2D eigenvalue weighted by Gasteiger charge is 2.09. The summed E-state index contributed by atoms with van der Waals surface area (Å²) in [4.78, 5) is 11.6. The topological polar surface area (TPSA) is 26.3 Å². The SMILES string of the molecule is CCCOC(=O)c1ccc(CCl)cc1C. The van der Waals surface area contributed by atoms with Crippen LogP contribution in [0.4, 0.5) is 0 Å². The van der Waals surface area contributed by atoms with Crippen LogP contribution in [0.3, 0.4) is 0 Å². The molecule has 0 aromatic heterocycles. The van der Waals surface area contributed by atoms with E-state index in [1.54, 1.807) is 6.07 Å². The molecule has 0 aliphatic rings. The third-order valence-corrected chi connectivity index (χ3v) is 2.41. The zero-order valence-corrected chi connectivity index (χ0v) is 9.80. The first-order chi connectivity index (χ1) is 7.19. The highest BCUT2D eigenvalue weighted by molar-refractivity contribution is 6.17. The summed E-state index contributed by atoms with van der Waals surface area (Å²) in [5, 5.41) is 0. The lowest BCUT2D eigenvalue weighted by Gasteiger charge is -2.07. The van der Waals surface area contributed by atoms with Crippen LogP contribution in [0.2, 0.25) is 0 Å². The van der Waals surface area contributed by atoms with Crippen LogP contribution in [0.15, 0.2) is 18.2 Å². The lowest BCUT2D eigenvalue weighted by atomic mass is 10.1. The molecule has 0 saturated heterocycles.